The summed E-state index contributed by atoms with van der Waals surface area (Å²) in [7, 11) is 0. The average Bonchev–Trinajstić information content (AvgIpc) is 2.95. The van der Waals surface area contributed by atoms with E-state index in [-0.39, 0.29) is 12.5 Å². The fourth-order valence-corrected chi connectivity index (χ4v) is 4.07. The van der Waals surface area contributed by atoms with Crippen molar-refractivity contribution in [1.29, 1.82) is 0 Å². The zero-order valence-corrected chi connectivity index (χ0v) is 17.0. The Morgan fingerprint density at radius 1 is 1.25 bits per heavy atom. The van der Waals surface area contributed by atoms with Gasteiger partial charge in [0.25, 0.3) is 0 Å². The summed E-state index contributed by atoms with van der Waals surface area (Å²) in [6.07, 6.45) is 4.12. The number of benzene rings is 1. The van der Waals surface area contributed by atoms with E-state index >= 15 is 0 Å². The lowest BCUT2D eigenvalue weighted by Crippen LogP contribution is -2.45. The minimum absolute atomic E-state index is 0.0412. The van der Waals surface area contributed by atoms with Gasteiger partial charge in [0, 0.05) is 30.5 Å². The normalized spacial score (nSPS) is 17.6. The number of piperidine rings is 1. The van der Waals surface area contributed by atoms with Crippen molar-refractivity contribution >= 4 is 5.91 Å². The van der Waals surface area contributed by atoms with Crippen molar-refractivity contribution in [2.45, 2.75) is 58.7 Å². The predicted molar refractivity (Wildman–Crippen MR) is 110 cm³/mol. The van der Waals surface area contributed by atoms with Crippen LogP contribution in [0.2, 0.25) is 0 Å². The van der Waals surface area contributed by atoms with Crippen LogP contribution in [0.15, 0.2) is 30.3 Å². The summed E-state index contributed by atoms with van der Waals surface area (Å²) in [5.74, 6) is 0.0412. The molecule has 0 aliphatic carbocycles. The predicted octanol–water partition coefficient (Wildman–Crippen LogP) is 2.40. The number of aliphatic hydroxyl groups excluding tert-OH is 1. The van der Waals surface area contributed by atoms with Crippen LogP contribution in [0, 0.1) is 13.8 Å². The first-order valence-electron chi connectivity index (χ1n) is 10.3. The van der Waals surface area contributed by atoms with Crippen molar-refractivity contribution in [1.82, 2.24) is 20.0 Å². The Kier molecular flexibility index (Phi) is 7.23. The van der Waals surface area contributed by atoms with E-state index < -0.39 is 0 Å². The number of nitrogens with one attached hydrogen (secondary N) is 1. The van der Waals surface area contributed by atoms with Gasteiger partial charge in [0.1, 0.15) is 0 Å². The molecule has 0 spiro atoms. The van der Waals surface area contributed by atoms with Gasteiger partial charge in [0.15, 0.2) is 0 Å². The number of amides is 1. The van der Waals surface area contributed by atoms with Crippen molar-refractivity contribution in [3.8, 4) is 0 Å². The molecular formula is C22H32N4O2. The van der Waals surface area contributed by atoms with Crippen LogP contribution < -0.4 is 5.32 Å². The van der Waals surface area contributed by atoms with E-state index in [9.17, 15) is 9.90 Å². The number of aryl methyl sites for hydroxylation is 1. The van der Waals surface area contributed by atoms with Crippen LogP contribution >= 0.6 is 0 Å². The van der Waals surface area contributed by atoms with Gasteiger partial charge in [-0.15, -0.1) is 0 Å². The fourth-order valence-electron chi connectivity index (χ4n) is 4.07. The molecular weight excluding hydrogens is 352 g/mol. The van der Waals surface area contributed by atoms with Crippen LogP contribution in [0.1, 0.15) is 48.2 Å². The summed E-state index contributed by atoms with van der Waals surface area (Å²) in [6.45, 7) is 6.82. The monoisotopic (exact) mass is 384 g/mol. The molecule has 28 heavy (non-hydrogen) atoms. The van der Waals surface area contributed by atoms with Gasteiger partial charge in [-0.25, -0.2) is 0 Å². The number of hydrogen-bond acceptors (Lipinski definition) is 4. The van der Waals surface area contributed by atoms with Gasteiger partial charge >= 0.3 is 0 Å². The van der Waals surface area contributed by atoms with Crippen molar-refractivity contribution in [3.05, 3.63) is 52.8 Å². The van der Waals surface area contributed by atoms with Crippen LogP contribution in [0.3, 0.4) is 0 Å². The molecule has 2 aromatic rings. The highest BCUT2D eigenvalue weighted by atomic mass is 16.3. The Bertz CT molecular complexity index is 770. The number of aliphatic hydroxyl groups is 1. The Morgan fingerprint density at radius 2 is 2.04 bits per heavy atom. The minimum atomic E-state index is 0.0412. The van der Waals surface area contributed by atoms with Gasteiger partial charge < -0.3 is 10.4 Å². The van der Waals surface area contributed by atoms with Crippen LogP contribution in [0.4, 0.5) is 0 Å². The van der Waals surface area contributed by atoms with Crippen LogP contribution in [-0.4, -0.2) is 51.4 Å². The summed E-state index contributed by atoms with van der Waals surface area (Å²) >= 11 is 0. The number of rotatable bonds is 8. The molecule has 3 rings (SSSR count). The molecule has 1 aromatic heterocycles. The molecule has 152 valence electrons. The lowest BCUT2D eigenvalue weighted by atomic mass is 9.99. The third-order valence-corrected chi connectivity index (χ3v) is 5.73. The first-order chi connectivity index (χ1) is 13.6. The molecule has 1 aliphatic rings. The quantitative estimate of drug-likeness (QED) is 0.733. The third kappa shape index (κ3) is 5.20. The highest BCUT2D eigenvalue weighted by Crippen LogP contribution is 2.19. The van der Waals surface area contributed by atoms with Crippen LogP contribution in [0.5, 0.6) is 0 Å². The molecule has 6 nitrogen and oxygen atoms in total. The van der Waals surface area contributed by atoms with E-state index in [0.29, 0.717) is 19.1 Å². The van der Waals surface area contributed by atoms with Gasteiger partial charge in [-0.1, -0.05) is 36.8 Å². The number of nitrogens with zero attached hydrogens (tertiary/aromatic N) is 3. The second-order valence-corrected chi connectivity index (χ2v) is 7.70. The van der Waals surface area contributed by atoms with Gasteiger partial charge in [0.05, 0.1) is 18.8 Å². The van der Waals surface area contributed by atoms with E-state index in [0.717, 1.165) is 49.3 Å². The second kappa shape index (κ2) is 9.85. The summed E-state index contributed by atoms with van der Waals surface area (Å²) in [6, 6.07) is 10.6. The van der Waals surface area contributed by atoms with E-state index in [1.54, 1.807) is 0 Å². The highest BCUT2D eigenvalue weighted by Gasteiger charge is 2.24. The first kappa shape index (κ1) is 20.6. The van der Waals surface area contributed by atoms with E-state index in [1.807, 2.05) is 29.8 Å². The zero-order valence-electron chi connectivity index (χ0n) is 17.0. The second-order valence-electron chi connectivity index (χ2n) is 7.70. The third-order valence-electron chi connectivity index (χ3n) is 5.73. The summed E-state index contributed by atoms with van der Waals surface area (Å²) in [5, 5.41) is 17.0. The Hall–Kier alpha value is -2.18. The molecule has 2 N–H and O–H groups in total. The van der Waals surface area contributed by atoms with E-state index in [2.05, 4.69) is 34.4 Å². The van der Waals surface area contributed by atoms with Gasteiger partial charge in [-0.2, -0.15) is 5.10 Å². The van der Waals surface area contributed by atoms with Crippen LogP contribution in [-0.2, 0) is 17.9 Å². The maximum absolute atomic E-state index is 12.5. The topological polar surface area (TPSA) is 70.4 Å². The Labute approximate surface area is 167 Å². The minimum Gasteiger partial charge on any atom is -0.396 e. The maximum Gasteiger partial charge on any atom is 0.234 e. The number of likely N-dealkylation sites (tertiary alicyclic amines) is 1. The lowest BCUT2D eigenvalue weighted by molar-refractivity contribution is -0.123. The van der Waals surface area contributed by atoms with Crippen LogP contribution in [0.25, 0.3) is 0 Å². The molecule has 1 amide bonds. The van der Waals surface area contributed by atoms with Crippen molar-refractivity contribution in [3.63, 3.8) is 0 Å². The average molecular weight is 385 g/mol. The summed E-state index contributed by atoms with van der Waals surface area (Å²) < 4.78 is 2.01. The van der Waals surface area contributed by atoms with Crippen molar-refractivity contribution in [2.75, 3.05) is 19.7 Å². The molecule has 6 heteroatoms. The zero-order chi connectivity index (χ0) is 19.9. The molecule has 0 bridgehead atoms. The smallest absolute Gasteiger partial charge is 0.234 e. The number of carbonyl (C=O) groups is 1. The first-order valence-corrected chi connectivity index (χ1v) is 10.3. The molecule has 2 heterocycles. The molecule has 0 saturated carbocycles. The Balaban J connectivity index is 1.57. The molecule has 1 saturated heterocycles. The fraction of sp³-hybridized carbons (Fsp3) is 0.545. The molecule has 1 unspecified atom stereocenters. The number of aromatic nitrogens is 2. The molecule has 1 aromatic carbocycles. The van der Waals surface area contributed by atoms with Gasteiger partial charge in [-0.3, -0.25) is 14.4 Å². The SMILES string of the molecule is Cc1nn(Cc2ccccc2)c(C)c1CNC(=O)CN1CCCCC1CCO. The number of carbonyl (C=O) groups excluding carboxylic acids is 1. The van der Waals surface area contributed by atoms with Crippen molar-refractivity contribution in [2.24, 2.45) is 0 Å². The van der Waals surface area contributed by atoms with Crippen molar-refractivity contribution < 1.29 is 9.90 Å². The van der Waals surface area contributed by atoms with Gasteiger partial charge in [-0.05, 0) is 45.2 Å². The standard InChI is InChI=1S/C22H32N4O2/c1-17-21(18(2)26(24-17)15-19-8-4-3-5-9-19)14-23-22(28)16-25-12-7-6-10-20(25)11-13-27/h3-5,8-9,20,27H,6-7,10-16H2,1-2H3,(H,23,28). The maximum atomic E-state index is 12.5. The van der Waals surface area contributed by atoms with Gasteiger partial charge in [0.2, 0.25) is 5.91 Å². The van der Waals surface area contributed by atoms with E-state index in [4.69, 9.17) is 0 Å². The molecule has 0 radical (unpaired) electrons. The lowest BCUT2D eigenvalue weighted by Gasteiger charge is -2.34. The summed E-state index contributed by atoms with van der Waals surface area (Å²) in [5.41, 5.74) is 4.36. The largest absolute Gasteiger partial charge is 0.396 e. The summed E-state index contributed by atoms with van der Waals surface area (Å²) in [4.78, 5) is 14.7. The van der Waals surface area contributed by atoms with E-state index in [1.165, 1.54) is 12.0 Å². The highest BCUT2D eigenvalue weighted by molar-refractivity contribution is 5.78. The number of hydrogen-bond donors (Lipinski definition) is 2. The molecule has 1 atom stereocenters. The Morgan fingerprint density at radius 3 is 2.79 bits per heavy atom. The molecule has 1 aliphatic heterocycles. The molecule has 1 fully saturated rings.